The van der Waals surface area contributed by atoms with Crippen molar-refractivity contribution < 1.29 is 25.8 Å². The number of pyridine rings is 1. The average Bonchev–Trinajstić information content (AvgIpc) is 3.94. The molecule has 13 rings (SSSR count). The van der Waals surface area contributed by atoms with Crippen molar-refractivity contribution in [3.8, 4) is 50.7 Å². The quantitative estimate of drug-likeness (QED) is 0.161. The normalized spacial score (nSPS) is 13.8. The molecule has 0 unspecified atom stereocenters. The van der Waals surface area contributed by atoms with Gasteiger partial charge in [-0.1, -0.05) is 145 Å². The molecule has 2 aliphatic heterocycles. The second-order valence-corrected chi connectivity index (χ2v) is 16.1. The molecule has 8 aromatic carbocycles. The number of para-hydroxylation sites is 2. The van der Waals surface area contributed by atoms with Crippen molar-refractivity contribution in [2.75, 3.05) is 16.8 Å². The third-order valence-corrected chi connectivity index (χ3v) is 12.9. The van der Waals surface area contributed by atoms with E-state index in [1.54, 1.807) is 0 Å². The standard InChI is InChI=1S/C56H35N4O.Pt/c1-58-35-59-53-34-41(61-40-24-28-45-44-17-8-9-19-50(44)60(52(45)33-40)54-21-10-11-30-57-54)25-29-46(53)56(47-18-12-20-51(58)55(47)59)48-31-38(36-13-4-2-5-14-36)22-26-42(48)43-27-23-39(32-49(43)56)37-15-6-3-7-16-37;/h2-32,35H,1H3;/q-3;. The van der Waals surface area contributed by atoms with Gasteiger partial charge in [0.25, 0.3) is 0 Å². The van der Waals surface area contributed by atoms with E-state index in [4.69, 9.17) is 9.72 Å². The topological polar surface area (TPSA) is 33.5 Å². The average molecular weight is 975 g/mol. The second kappa shape index (κ2) is 13.9. The van der Waals surface area contributed by atoms with Crippen molar-refractivity contribution in [3.63, 3.8) is 0 Å². The van der Waals surface area contributed by atoms with Gasteiger partial charge in [0.1, 0.15) is 5.82 Å². The van der Waals surface area contributed by atoms with Crippen molar-refractivity contribution in [3.05, 3.63) is 229 Å². The summed E-state index contributed by atoms with van der Waals surface area (Å²) in [7, 11) is 2.13. The Hall–Kier alpha value is -7.20. The largest absolute Gasteiger partial charge is 0.509 e. The minimum absolute atomic E-state index is 0. The molecule has 0 saturated heterocycles. The summed E-state index contributed by atoms with van der Waals surface area (Å²) in [5.74, 6) is 2.05. The van der Waals surface area contributed by atoms with Crippen LogP contribution in [0.1, 0.15) is 22.3 Å². The molecule has 4 heterocycles. The number of anilines is 3. The number of fused-ring (bicyclic) bond motifs is 12. The molecule has 0 bridgehead atoms. The van der Waals surface area contributed by atoms with Crippen LogP contribution in [-0.2, 0) is 26.5 Å². The third-order valence-electron chi connectivity index (χ3n) is 12.9. The first kappa shape index (κ1) is 36.6. The van der Waals surface area contributed by atoms with Gasteiger partial charge in [-0.3, -0.25) is 0 Å². The first-order chi connectivity index (χ1) is 30.1. The summed E-state index contributed by atoms with van der Waals surface area (Å²) in [6.45, 7) is 2.18. The van der Waals surface area contributed by atoms with E-state index in [1.807, 2.05) is 30.5 Å². The van der Waals surface area contributed by atoms with Crippen LogP contribution in [0.5, 0.6) is 11.5 Å². The Labute approximate surface area is 374 Å². The van der Waals surface area contributed by atoms with Gasteiger partial charge >= 0.3 is 0 Å². The molecular formula is C56H35N4OPt-3. The van der Waals surface area contributed by atoms with Gasteiger partial charge in [-0.25, -0.2) is 4.98 Å². The molecule has 3 aliphatic rings. The second-order valence-electron chi connectivity index (χ2n) is 16.1. The van der Waals surface area contributed by atoms with Crippen molar-refractivity contribution in [1.29, 1.82) is 0 Å². The SMILES string of the molecule is CN1[CH-]N2c3[c-]c(Oc4[c-]c5c(cc4)c4ccccc4n5-c4ccccn4)ccc3C3(c4cc(-c5ccccc5)ccc4-c4ccc(-c5ccccc5)cc43)c3cccc1c32.[Pt]. The van der Waals surface area contributed by atoms with Crippen LogP contribution < -0.4 is 14.5 Å². The first-order valence-electron chi connectivity index (χ1n) is 20.7. The maximum atomic E-state index is 6.81. The molecule has 1 aliphatic carbocycles. The van der Waals surface area contributed by atoms with Crippen LogP contribution in [0.2, 0.25) is 0 Å². The fraction of sp³-hybridized carbons (Fsp3) is 0.0357. The minimum Gasteiger partial charge on any atom is -0.509 e. The minimum atomic E-state index is -0.653. The molecule has 0 N–H and O–H groups in total. The van der Waals surface area contributed by atoms with Crippen LogP contribution in [-0.4, -0.2) is 16.6 Å². The van der Waals surface area contributed by atoms with Gasteiger partial charge in [-0.15, -0.1) is 35.2 Å². The van der Waals surface area contributed by atoms with Crippen LogP contribution in [0.25, 0.3) is 61.0 Å². The molecule has 1 spiro atoms. The molecule has 62 heavy (non-hydrogen) atoms. The zero-order chi connectivity index (χ0) is 40.2. The van der Waals surface area contributed by atoms with Gasteiger partial charge in [0.05, 0.1) is 0 Å². The first-order valence-corrected chi connectivity index (χ1v) is 20.7. The number of nitrogens with zero attached hydrogens (tertiary/aromatic N) is 4. The van der Waals surface area contributed by atoms with Crippen molar-refractivity contribution in [1.82, 2.24) is 9.55 Å². The van der Waals surface area contributed by atoms with Crippen LogP contribution in [0.4, 0.5) is 17.1 Å². The number of aromatic nitrogens is 2. The van der Waals surface area contributed by atoms with E-state index in [-0.39, 0.29) is 21.1 Å². The molecule has 10 aromatic rings. The van der Waals surface area contributed by atoms with Gasteiger partial charge in [-0.05, 0) is 86.8 Å². The molecule has 0 atom stereocenters. The van der Waals surface area contributed by atoms with Crippen molar-refractivity contribution in [2.24, 2.45) is 0 Å². The number of hydrogen-bond donors (Lipinski definition) is 0. The van der Waals surface area contributed by atoms with Crippen LogP contribution in [0.3, 0.4) is 0 Å². The zero-order valence-electron chi connectivity index (χ0n) is 33.5. The Balaban J connectivity index is 0.00000410. The van der Waals surface area contributed by atoms with E-state index >= 15 is 0 Å². The molecule has 6 heteroatoms. The molecule has 5 nitrogen and oxygen atoms in total. The molecule has 2 aromatic heterocycles. The van der Waals surface area contributed by atoms with Gasteiger partial charge in [0.2, 0.25) is 0 Å². The summed E-state index contributed by atoms with van der Waals surface area (Å²) in [4.78, 5) is 9.26. The van der Waals surface area contributed by atoms with E-state index < -0.39 is 5.41 Å². The van der Waals surface area contributed by atoms with Crippen molar-refractivity contribution >= 4 is 38.9 Å². The summed E-state index contributed by atoms with van der Waals surface area (Å²) in [5, 5.41) is 2.23. The van der Waals surface area contributed by atoms with E-state index in [0.717, 1.165) is 50.2 Å². The molecule has 0 fully saturated rings. The predicted molar refractivity (Wildman–Crippen MR) is 246 cm³/mol. The zero-order valence-corrected chi connectivity index (χ0v) is 35.8. The Morgan fingerprint density at radius 3 is 1.92 bits per heavy atom. The van der Waals surface area contributed by atoms with E-state index in [1.165, 1.54) is 50.1 Å². The monoisotopic (exact) mass is 974 g/mol. The maximum absolute atomic E-state index is 6.81. The van der Waals surface area contributed by atoms with Gasteiger partial charge in [-0.2, -0.15) is 18.8 Å². The number of ether oxygens (including phenoxy) is 1. The molecule has 298 valence electrons. The molecule has 0 amide bonds. The van der Waals surface area contributed by atoms with Crippen LogP contribution in [0.15, 0.2) is 188 Å². The predicted octanol–water partition coefficient (Wildman–Crippen LogP) is 13.3. The Morgan fingerprint density at radius 1 is 0.548 bits per heavy atom. The van der Waals surface area contributed by atoms with Crippen LogP contribution >= 0.6 is 0 Å². The Morgan fingerprint density at radius 2 is 1.21 bits per heavy atom. The maximum Gasteiger partial charge on any atom is 0.135 e. The smallest absolute Gasteiger partial charge is 0.135 e. The number of hydrogen-bond acceptors (Lipinski definition) is 4. The number of benzene rings is 8. The fourth-order valence-electron chi connectivity index (χ4n) is 10.3. The van der Waals surface area contributed by atoms with Gasteiger partial charge < -0.3 is 19.1 Å². The van der Waals surface area contributed by atoms with E-state index in [2.05, 4.69) is 198 Å². The summed E-state index contributed by atoms with van der Waals surface area (Å²) in [6, 6.07) is 72.7. The summed E-state index contributed by atoms with van der Waals surface area (Å²) in [6.07, 6.45) is 1.83. The number of rotatable bonds is 5. The third kappa shape index (κ3) is 5.15. The summed E-state index contributed by atoms with van der Waals surface area (Å²) >= 11 is 0. The van der Waals surface area contributed by atoms with Crippen LogP contribution in [0, 0.1) is 18.8 Å². The van der Waals surface area contributed by atoms with Gasteiger partial charge in [0, 0.05) is 61.1 Å². The summed E-state index contributed by atoms with van der Waals surface area (Å²) in [5.41, 5.74) is 16.8. The Bertz CT molecular complexity index is 3310. The van der Waals surface area contributed by atoms with Gasteiger partial charge in [0.15, 0.2) is 0 Å². The molecular weight excluding hydrogens is 940 g/mol. The molecule has 0 saturated carbocycles. The van der Waals surface area contributed by atoms with E-state index in [9.17, 15) is 0 Å². The van der Waals surface area contributed by atoms with Crippen molar-refractivity contribution in [2.45, 2.75) is 5.41 Å². The summed E-state index contributed by atoms with van der Waals surface area (Å²) < 4.78 is 8.97. The van der Waals surface area contributed by atoms with E-state index in [0.29, 0.717) is 11.5 Å². The fourth-order valence-corrected chi connectivity index (χ4v) is 10.3. The molecule has 0 radical (unpaired) electrons. The Kier molecular flexibility index (Phi) is 8.22.